The smallest absolute Gasteiger partial charge is 0.317 e. The largest absolute Gasteiger partial charge is 0.480 e. The molecule has 0 spiro atoms. The van der Waals surface area contributed by atoms with Gasteiger partial charge in [-0.15, -0.1) is 0 Å². The number of urea groups is 1. The van der Waals surface area contributed by atoms with E-state index in [1.807, 2.05) is 4.90 Å². The van der Waals surface area contributed by atoms with Crippen LogP contribution in [0, 0.1) is 5.92 Å². The lowest BCUT2D eigenvalue weighted by Gasteiger charge is -2.21. The Morgan fingerprint density at radius 2 is 1.95 bits per heavy atom. The van der Waals surface area contributed by atoms with Crippen LogP contribution in [0.4, 0.5) is 4.79 Å². The third-order valence-electron chi connectivity index (χ3n) is 3.23. The number of carbonyl (C=O) groups excluding carboxylic acids is 1. The van der Waals surface area contributed by atoms with E-state index in [0.717, 1.165) is 19.4 Å². The highest BCUT2D eigenvalue weighted by atomic mass is 16.4. The summed E-state index contributed by atoms with van der Waals surface area (Å²) in [6, 6.07) is -0.0298. The highest BCUT2D eigenvalue weighted by molar-refractivity contribution is 5.74. The third kappa shape index (κ3) is 6.42. The summed E-state index contributed by atoms with van der Waals surface area (Å²) < 4.78 is 0. The Hall–Kier alpha value is -1.30. The van der Waals surface area contributed by atoms with Gasteiger partial charge in [0, 0.05) is 32.7 Å². The number of hydrogen-bond acceptors (Lipinski definition) is 3. The van der Waals surface area contributed by atoms with Crippen LogP contribution in [0.5, 0.6) is 0 Å². The van der Waals surface area contributed by atoms with Crippen LogP contribution in [-0.2, 0) is 4.79 Å². The number of rotatable bonds is 5. The molecule has 0 unspecified atom stereocenters. The van der Waals surface area contributed by atoms with Crippen molar-refractivity contribution in [2.75, 3.05) is 39.3 Å². The van der Waals surface area contributed by atoms with Crippen molar-refractivity contribution in [1.82, 2.24) is 15.1 Å². The fourth-order valence-electron chi connectivity index (χ4n) is 2.10. The van der Waals surface area contributed by atoms with Gasteiger partial charge in [-0.05, 0) is 18.8 Å². The Labute approximate surface area is 114 Å². The van der Waals surface area contributed by atoms with Crippen molar-refractivity contribution in [1.29, 1.82) is 0 Å². The molecular weight excluding hydrogens is 246 g/mol. The van der Waals surface area contributed by atoms with Crippen LogP contribution < -0.4 is 5.32 Å². The van der Waals surface area contributed by atoms with Gasteiger partial charge in [0.1, 0.15) is 0 Å². The molecule has 0 aromatic rings. The minimum atomic E-state index is -0.810. The molecule has 0 aliphatic carbocycles. The lowest BCUT2D eigenvalue weighted by molar-refractivity contribution is -0.138. The second-order valence-corrected chi connectivity index (χ2v) is 5.42. The molecule has 0 saturated carbocycles. The van der Waals surface area contributed by atoms with E-state index in [1.54, 1.807) is 4.90 Å². The molecule has 0 aromatic carbocycles. The standard InChI is InChI=1S/C13H25N3O3/c1-11(2)4-5-14-13(19)16-7-3-6-15(8-9-16)10-12(17)18/h11H,3-10H2,1-2H3,(H,14,19)(H,17,18). The van der Waals surface area contributed by atoms with Crippen molar-refractivity contribution in [3.05, 3.63) is 0 Å². The van der Waals surface area contributed by atoms with Crippen molar-refractivity contribution < 1.29 is 14.7 Å². The number of aliphatic carboxylic acids is 1. The summed E-state index contributed by atoms with van der Waals surface area (Å²) in [7, 11) is 0. The van der Waals surface area contributed by atoms with Gasteiger partial charge in [0.15, 0.2) is 0 Å². The lowest BCUT2D eigenvalue weighted by atomic mass is 10.1. The lowest BCUT2D eigenvalue weighted by Crippen LogP contribution is -2.42. The molecule has 0 aromatic heterocycles. The van der Waals surface area contributed by atoms with Crippen molar-refractivity contribution in [2.45, 2.75) is 26.7 Å². The van der Waals surface area contributed by atoms with Crippen molar-refractivity contribution in [3.63, 3.8) is 0 Å². The molecule has 0 atom stereocenters. The summed E-state index contributed by atoms with van der Waals surface area (Å²) in [6.07, 6.45) is 1.80. The molecule has 1 heterocycles. The molecule has 19 heavy (non-hydrogen) atoms. The van der Waals surface area contributed by atoms with Crippen LogP contribution in [0.2, 0.25) is 0 Å². The first-order valence-electron chi connectivity index (χ1n) is 6.96. The Morgan fingerprint density at radius 3 is 2.58 bits per heavy atom. The van der Waals surface area contributed by atoms with E-state index >= 15 is 0 Å². The first kappa shape index (κ1) is 15.8. The first-order chi connectivity index (χ1) is 8.99. The van der Waals surface area contributed by atoms with Crippen LogP contribution in [0.1, 0.15) is 26.7 Å². The molecule has 6 nitrogen and oxygen atoms in total. The zero-order chi connectivity index (χ0) is 14.3. The molecule has 1 rings (SSSR count). The number of carboxylic acid groups (broad SMARTS) is 1. The highest BCUT2D eigenvalue weighted by Gasteiger charge is 2.19. The second-order valence-electron chi connectivity index (χ2n) is 5.42. The molecule has 0 bridgehead atoms. The Morgan fingerprint density at radius 1 is 1.21 bits per heavy atom. The van der Waals surface area contributed by atoms with Crippen LogP contribution >= 0.6 is 0 Å². The molecule has 1 aliphatic rings. The van der Waals surface area contributed by atoms with Crippen LogP contribution in [-0.4, -0.2) is 66.2 Å². The zero-order valence-corrected chi connectivity index (χ0v) is 11.9. The Balaban J connectivity index is 2.31. The fraction of sp³-hybridized carbons (Fsp3) is 0.846. The predicted octanol–water partition coefficient (Wildman–Crippen LogP) is 0.834. The quantitative estimate of drug-likeness (QED) is 0.777. The van der Waals surface area contributed by atoms with Gasteiger partial charge in [0.05, 0.1) is 6.54 Å². The average Bonchev–Trinajstić information content (AvgIpc) is 2.53. The monoisotopic (exact) mass is 271 g/mol. The van der Waals surface area contributed by atoms with Crippen LogP contribution in [0.25, 0.3) is 0 Å². The number of carbonyl (C=O) groups is 2. The summed E-state index contributed by atoms with van der Waals surface area (Å²) in [6.45, 7) is 7.68. The number of nitrogens with one attached hydrogen (secondary N) is 1. The average molecular weight is 271 g/mol. The van der Waals surface area contributed by atoms with Gasteiger partial charge >= 0.3 is 12.0 Å². The number of amides is 2. The van der Waals surface area contributed by atoms with Gasteiger partial charge in [-0.2, -0.15) is 0 Å². The van der Waals surface area contributed by atoms with E-state index in [2.05, 4.69) is 19.2 Å². The van der Waals surface area contributed by atoms with Crippen molar-refractivity contribution in [3.8, 4) is 0 Å². The van der Waals surface area contributed by atoms with Gasteiger partial charge in [-0.25, -0.2) is 4.79 Å². The predicted molar refractivity (Wildman–Crippen MR) is 73.1 cm³/mol. The number of carboxylic acids is 1. The van der Waals surface area contributed by atoms with Gasteiger partial charge in [-0.3, -0.25) is 9.69 Å². The number of nitrogens with zero attached hydrogens (tertiary/aromatic N) is 2. The van der Waals surface area contributed by atoms with Gasteiger partial charge in [0.2, 0.25) is 0 Å². The topological polar surface area (TPSA) is 72.9 Å². The van der Waals surface area contributed by atoms with E-state index in [1.165, 1.54) is 0 Å². The van der Waals surface area contributed by atoms with Gasteiger partial charge in [0.25, 0.3) is 0 Å². The molecule has 1 fully saturated rings. The normalized spacial score (nSPS) is 17.3. The minimum Gasteiger partial charge on any atom is -0.480 e. The van der Waals surface area contributed by atoms with Gasteiger partial charge < -0.3 is 15.3 Å². The fourth-order valence-corrected chi connectivity index (χ4v) is 2.10. The molecule has 6 heteroatoms. The maximum absolute atomic E-state index is 11.9. The van der Waals surface area contributed by atoms with E-state index in [0.29, 0.717) is 32.1 Å². The summed E-state index contributed by atoms with van der Waals surface area (Å²) in [4.78, 5) is 26.3. The zero-order valence-electron chi connectivity index (χ0n) is 11.9. The second kappa shape index (κ2) is 7.99. The van der Waals surface area contributed by atoms with Crippen molar-refractivity contribution >= 4 is 12.0 Å². The van der Waals surface area contributed by atoms with Crippen LogP contribution in [0.15, 0.2) is 0 Å². The maximum Gasteiger partial charge on any atom is 0.317 e. The highest BCUT2D eigenvalue weighted by Crippen LogP contribution is 2.04. The Bertz CT molecular complexity index is 308. The molecule has 1 aliphatic heterocycles. The first-order valence-corrected chi connectivity index (χ1v) is 6.96. The maximum atomic E-state index is 11.9. The molecule has 110 valence electrons. The SMILES string of the molecule is CC(C)CCNC(=O)N1CCCN(CC(=O)O)CC1. The van der Waals surface area contributed by atoms with Crippen LogP contribution in [0.3, 0.4) is 0 Å². The number of hydrogen-bond donors (Lipinski definition) is 2. The van der Waals surface area contributed by atoms with E-state index in [4.69, 9.17) is 5.11 Å². The molecule has 1 saturated heterocycles. The minimum absolute atomic E-state index is 0.0298. The molecule has 0 radical (unpaired) electrons. The summed E-state index contributed by atoms with van der Waals surface area (Å²) in [5, 5.41) is 11.7. The van der Waals surface area contributed by atoms with Gasteiger partial charge in [-0.1, -0.05) is 13.8 Å². The van der Waals surface area contributed by atoms with E-state index in [-0.39, 0.29) is 12.6 Å². The third-order valence-corrected chi connectivity index (χ3v) is 3.23. The Kier molecular flexibility index (Phi) is 6.62. The summed E-state index contributed by atoms with van der Waals surface area (Å²) >= 11 is 0. The summed E-state index contributed by atoms with van der Waals surface area (Å²) in [5.41, 5.74) is 0. The van der Waals surface area contributed by atoms with Crippen molar-refractivity contribution in [2.24, 2.45) is 5.92 Å². The summed E-state index contributed by atoms with van der Waals surface area (Å²) in [5.74, 6) is -0.231. The molecular formula is C13H25N3O3. The molecule has 2 N–H and O–H groups in total. The van der Waals surface area contributed by atoms with E-state index in [9.17, 15) is 9.59 Å². The molecule has 2 amide bonds. The van der Waals surface area contributed by atoms with E-state index < -0.39 is 5.97 Å².